The summed E-state index contributed by atoms with van der Waals surface area (Å²) < 4.78 is 6.09. The molecule has 10 atom stereocenters. The second-order valence-corrected chi connectivity index (χ2v) is 16.8. The maximum atomic E-state index is 12.0. The lowest BCUT2D eigenvalue weighted by Crippen LogP contribution is -2.49. The Hall–Kier alpha value is -0.453. The van der Waals surface area contributed by atoms with E-state index in [4.69, 9.17) is 4.43 Å². The lowest BCUT2D eigenvalue weighted by molar-refractivity contribution is -0.116. The van der Waals surface area contributed by atoms with Crippen molar-refractivity contribution < 1.29 is 14.3 Å². The van der Waals surface area contributed by atoms with Crippen molar-refractivity contribution in [2.45, 2.75) is 76.6 Å². The molecule has 3 nitrogen and oxygen atoms in total. The van der Waals surface area contributed by atoms with Crippen LogP contribution >= 0.6 is 0 Å². The molecule has 0 amide bonds. The van der Waals surface area contributed by atoms with Gasteiger partial charge in [0.15, 0.2) is 14.1 Å². The van der Waals surface area contributed by atoms with Gasteiger partial charge in [0, 0.05) is 13.0 Å². The van der Waals surface area contributed by atoms with E-state index in [0.29, 0.717) is 23.5 Å². The molecule has 10 unspecified atom stereocenters. The van der Waals surface area contributed by atoms with Crippen LogP contribution in [0.3, 0.4) is 0 Å². The molecule has 6 aliphatic carbocycles. The SMILES string of the molecule is C[Si](C)(C)OCCCC1(O)C2CC2C2C3C(CCC21)C1CCC(=O)C=C1C1CC13. The van der Waals surface area contributed by atoms with Gasteiger partial charge in [0.25, 0.3) is 0 Å². The average molecular weight is 415 g/mol. The van der Waals surface area contributed by atoms with E-state index in [1.165, 1.54) is 25.7 Å². The van der Waals surface area contributed by atoms with Crippen molar-refractivity contribution in [3.8, 4) is 0 Å². The molecule has 160 valence electrons. The zero-order chi connectivity index (χ0) is 20.1. The van der Waals surface area contributed by atoms with Gasteiger partial charge in [-0.25, -0.2) is 0 Å². The molecule has 5 fully saturated rings. The molecule has 0 aliphatic heterocycles. The number of carbonyl (C=O) groups excluding carboxylic acids is 1. The highest BCUT2D eigenvalue weighted by atomic mass is 28.4. The first kappa shape index (κ1) is 19.2. The van der Waals surface area contributed by atoms with E-state index in [9.17, 15) is 9.90 Å². The Morgan fingerprint density at radius 2 is 1.86 bits per heavy atom. The second kappa shape index (κ2) is 6.29. The van der Waals surface area contributed by atoms with E-state index in [1.807, 2.05) is 0 Å². The molecular weight excluding hydrogens is 376 g/mol. The number of aliphatic hydroxyl groups is 1. The fourth-order valence-corrected chi connectivity index (χ4v) is 9.60. The fraction of sp³-hybridized carbons (Fsp3) is 0.880. The fourth-order valence-electron chi connectivity index (χ4n) is 8.84. The zero-order valence-corrected chi connectivity index (χ0v) is 19.4. The summed E-state index contributed by atoms with van der Waals surface area (Å²) in [6.45, 7) is 7.58. The Bertz CT molecular complexity index is 754. The topological polar surface area (TPSA) is 46.5 Å². The lowest BCUT2D eigenvalue weighted by Gasteiger charge is -2.52. The van der Waals surface area contributed by atoms with Crippen molar-refractivity contribution in [3.05, 3.63) is 11.6 Å². The third kappa shape index (κ3) is 2.91. The Morgan fingerprint density at radius 1 is 1.03 bits per heavy atom. The summed E-state index contributed by atoms with van der Waals surface area (Å²) in [4.78, 5) is 12.0. The number of hydrogen-bond acceptors (Lipinski definition) is 3. The normalized spacial score (nSPS) is 51.9. The van der Waals surface area contributed by atoms with E-state index < -0.39 is 13.9 Å². The van der Waals surface area contributed by atoms with Crippen molar-refractivity contribution >= 4 is 14.1 Å². The van der Waals surface area contributed by atoms with Crippen LogP contribution in [-0.4, -0.2) is 31.4 Å². The van der Waals surface area contributed by atoms with Crippen LogP contribution in [0.5, 0.6) is 0 Å². The third-order valence-electron chi connectivity index (χ3n) is 9.83. The summed E-state index contributed by atoms with van der Waals surface area (Å²) in [6.07, 6.45) is 11.0. The molecule has 6 rings (SSSR count). The van der Waals surface area contributed by atoms with Crippen molar-refractivity contribution in [1.82, 2.24) is 0 Å². The molecule has 6 aliphatic rings. The number of rotatable bonds is 5. The molecule has 0 radical (unpaired) electrons. The lowest BCUT2D eigenvalue weighted by atomic mass is 9.54. The highest BCUT2D eigenvalue weighted by Gasteiger charge is 2.73. The maximum Gasteiger partial charge on any atom is 0.183 e. The van der Waals surface area contributed by atoms with Crippen molar-refractivity contribution in [1.29, 1.82) is 0 Å². The standard InChI is InChI=1S/C25H38O3Si/c1-29(2,3)28-10-4-9-25(27)21-8-7-16-15-6-5-14(26)11-17(15)18-12-19(18)23(16)24(21)20-13-22(20)25/h11,15-16,18-24,27H,4-10,12-13H2,1-3H3. The predicted octanol–water partition coefficient (Wildman–Crippen LogP) is 4.81. The minimum atomic E-state index is -1.46. The molecule has 4 heteroatoms. The zero-order valence-electron chi connectivity index (χ0n) is 18.4. The van der Waals surface area contributed by atoms with Gasteiger partial charge in [-0.1, -0.05) is 5.57 Å². The number of fused-ring (bicyclic) bond motifs is 10. The summed E-state index contributed by atoms with van der Waals surface area (Å²) in [5, 5.41) is 11.9. The molecule has 29 heavy (non-hydrogen) atoms. The summed E-state index contributed by atoms with van der Waals surface area (Å²) in [5.74, 6) is 6.96. The molecule has 0 bridgehead atoms. The van der Waals surface area contributed by atoms with Crippen LogP contribution in [0.4, 0.5) is 0 Å². The molecule has 1 N–H and O–H groups in total. The van der Waals surface area contributed by atoms with Crippen LogP contribution in [0, 0.1) is 53.3 Å². The van der Waals surface area contributed by atoms with Gasteiger partial charge in [0.05, 0.1) is 5.60 Å². The number of allylic oxidation sites excluding steroid dienone is 1. The van der Waals surface area contributed by atoms with Gasteiger partial charge in [-0.3, -0.25) is 4.79 Å². The van der Waals surface area contributed by atoms with Crippen LogP contribution in [0.2, 0.25) is 19.6 Å². The molecule has 5 saturated carbocycles. The summed E-state index contributed by atoms with van der Waals surface area (Å²) in [5.41, 5.74) is 1.14. The molecule has 0 aromatic rings. The third-order valence-corrected chi connectivity index (χ3v) is 10.9. The van der Waals surface area contributed by atoms with E-state index in [0.717, 1.165) is 67.8 Å². The van der Waals surface area contributed by atoms with Gasteiger partial charge in [-0.2, -0.15) is 0 Å². The Morgan fingerprint density at radius 3 is 2.66 bits per heavy atom. The maximum absolute atomic E-state index is 12.0. The summed E-state index contributed by atoms with van der Waals surface area (Å²) >= 11 is 0. The number of ketones is 1. The van der Waals surface area contributed by atoms with Gasteiger partial charge in [0.2, 0.25) is 0 Å². The Labute approximate surface area is 176 Å². The molecule has 0 heterocycles. The van der Waals surface area contributed by atoms with E-state index in [1.54, 1.807) is 5.57 Å². The number of carbonyl (C=O) groups is 1. The van der Waals surface area contributed by atoms with Gasteiger partial charge >= 0.3 is 0 Å². The minimum Gasteiger partial charge on any atom is -0.418 e. The second-order valence-electron chi connectivity index (χ2n) is 12.3. The van der Waals surface area contributed by atoms with Crippen LogP contribution < -0.4 is 0 Å². The van der Waals surface area contributed by atoms with Crippen LogP contribution in [0.1, 0.15) is 51.4 Å². The predicted molar refractivity (Wildman–Crippen MR) is 116 cm³/mol. The molecule has 0 saturated heterocycles. The van der Waals surface area contributed by atoms with Gasteiger partial charge in [0.1, 0.15) is 0 Å². The molecular formula is C25H38O3Si. The summed E-state index contributed by atoms with van der Waals surface area (Å²) in [6, 6.07) is 0. The smallest absolute Gasteiger partial charge is 0.183 e. The van der Waals surface area contributed by atoms with Gasteiger partial charge in [-0.05, 0) is 124 Å². The molecule has 0 aromatic heterocycles. The largest absolute Gasteiger partial charge is 0.418 e. The number of hydrogen-bond donors (Lipinski definition) is 1. The Kier molecular flexibility index (Phi) is 4.18. The van der Waals surface area contributed by atoms with Gasteiger partial charge < -0.3 is 9.53 Å². The van der Waals surface area contributed by atoms with Crippen LogP contribution in [0.15, 0.2) is 11.6 Å². The molecule has 0 spiro atoms. The van der Waals surface area contributed by atoms with Crippen LogP contribution in [0.25, 0.3) is 0 Å². The van der Waals surface area contributed by atoms with Crippen molar-refractivity contribution in [2.24, 2.45) is 53.3 Å². The van der Waals surface area contributed by atoms with Gasteiger partial charge in [-0.15, -0.1) is 0 Å². The highest BCUT2D eigenvalue weighted by molar-refractivity contribution is 6.69. The monoisotopic (exact) mass is 414 g/mol. The molecule has 0 aromatic carbocycles. The van der Waals surface area contributed by atoms with Crippen LogP contribution in [-0.2, 0) is 9.22 Å². The average Bonchev–Trinajstić information content (AvgIpc) is 3.56. The first-order chi connectivity index (χ1) is 13.8. The summed E-state index contributed by atoms with van der Waals surface area (Å²) in [7, 11) is -1.46. The minimum absolute atomic E-state index is 0.382. The van der Waals surface area contributed by atoms with Crippen molar-refractivity contribution in [3.63, 3.8) is 0 Å². The van der Waals surface area contributed by atoms with Crippen molar-refractivity contribution in [2.75, 3.05) is 6.61 Å². The first-order valence-corrected chi connectivity index (χ1v) is 15.8. The van der Waals surface area contributed by atoms with E-state index in [-0.39, 0.29) is 0 Å². The van der Waals surface area contributed by atoms with E-state index in [2.05, 4.69) is 25.7 Å². The quantitative estimate of drug-likeness (QED) is 0.518. The Balaban J connectivity index is 1.20. The highest BCUT2D eigenvalue weighted by Crippen LogP contribution is 2.75. The van der Waals surface area contributed by atoms with E-state index >= 15 is 0 Å². The first-order valence-electron chi connectivity index (χ1n) is 12.4.